The lowest BCUT2D eigenvalue weighted by molar-refractivity contribution is 0.0945. The van der Waals surface area contributed by atoms with Crippen LogP contribution in [0.1, 0.15) is 10.4 Å². The molecule has 94 valence electrons. The van der Waals surface area contributed by atoms with Crippen LogP contribution in [0.25, 0.3) is 0 Å². The summed E-state index contributed by atoms with van der Waals surface area (Å²) >= 11 is 0. The van der Waals surface area contributed by atoms with Crippen LogP contribution in [0.2, 0.25) is 0 Å². The van der Waals surface area contributed by atoms with Gasteiger partial charge in [0.2, 0.25) is 0 Å². The van der Waals surface area contributed by atoms with Gasteiger partial charge in [-0.25, -0.2) is 4.68 Å². The highest BCUT2D eigenvalue weighted by molar-refractivity contribution is 5.96. The largest absolute Gasteiger partial charge is 0.493 e. The number of hydrogen-bond donors (Lipinski definition) is 1. The van der Waals surface area contributed by atoms with Crippen LogP contribution in [0.3, 0.4) is 0 Å². The Labute approximate surface area is 104 Å². The maximum Gasteiger partial charge on any atom is 0.278 e. The fourth-order valence-electron chi connectivity index (χ4n) is 1.55. The Bertz CT molecular complexity index is 578. The first kappa shape index (κ1) is 12.0. The minimum atomic E-state index is -0.285. The highest BCUT2D eigenvalue weighted by Crippen LogP contribution is 2.27. The molecule has 0 aliphatic rings. The minimum Gasteiger partial charge on any atom is -0.493 e. The van der Waals surface area contributed by atoms with E-state index in [9.17, 15) is 4.79 Å². The van der Waals surface area contributed by atoms with Gasteiger partial charge in [-0.05, 0) is 18.2 Å². The molecule has 1 aromatic heterocycles. The third-order valence-corrected chi connectivity index (χ3v) is 2.45. The lowest BCUT2D eigenvalue weighted by Crippen LogP contribution is -2.13. The van der Waals surface area contributed by atoms with Gasteiger partial charge in [0, 0.05) is 17.8 Å². The first-order valence-electron chi connectivity index (χ1n) is 5.23. The van der Waals surface area contributed by atoms with Gasteiger partial charge in [-0.15, -0.1) is 5.10 Å². The Hall–Kier alpha value is -2.50. The summed E-state index contributed by atoms with van der Waals surface area (Å²) in [5.41, 5.74) is 5.91. The number of nitrogens with zero attached hydrogens (tertiary/aromatic N) is 2. The Kier molecular flexibility index (Phi) is 3.18. The van der Waals surface area contributed by atoms with Gasteiger partial charge in [0.05, 0.1) is 14.2 Å². The van der Waals surface area contributed by atoms with E-state index in [4.69, 9.17) is 15.2 Å². The number of carbonyl (C=O) groups excluding carboxylic acids is 1. The molecule has 1 heterocycles. The zero-order valence-corrected chi connectivity index (χ0v) is 10.1. The maximum absolute atomic E-state index is 12.1. The zero-order chi connectivity index (χ0) is 13.1. The maximum atomic E-state index is 12.1. The number of hydrogen-bond acceptors (Lipinski definition) is 5. The van der Waals surface area contributed by atoms with Crippen LogP contribution < -0.4 is 15.2 Å². The normalized spacial score (nSPS) is 10.1. The standard InChI is InChI=1S/C12H13N3O3/c1-17-9-4-3-8(7-10(9)18-2)12(16)15-6-5-11(13)14-15/h3-7H,1-2H3,(H2,13,14). The molecule has 0 atom stereocenters. The first-order chi connectivity index (χ1) is 8.65. The van der Waals surface area contributed by atoms with E-state index in [0.29, 0.717) is 22.9 Å². The van der Waals surface area contributed by atoms with E-state index in [0.717, 1.165) is 0 Å². The van der Waals surface area contributed by atoms with Crippen LogP contribution in [0.15, 0.2) is 30.5 Å². The van der Waals surface area contributed by atoms with Crippen molar-refractivity contribution in [3.05, 3.63) is 36.0 Å². The van der Waals surface area contributed by atoms with E-state index < -0.39 is 0 Å². The Morgan fingerprint density at radius 3 is 2.50 bits per heavy atom. The number of rotatable bonds is 3. The summed E-state index contributed by atoms with van der Waals surface area (Å²) in [6, 6.07) is 6.46. The summed E-state index contributed by atoms with van der Waals surface area (Å²) in [5.74, 6) is 1.06. The van der Waals surface area contributed by atoms with Gasteiger partial charge in [-0.1, -0.05) is 0 Å². The molecule has 2 rings (SSSR count). The second kappa shape index (κ2) is 4.79. The van der Waals surface area contributed by atoms with Crippen molar-refractivity contribution < 1.29 is 14.3 Å². The highest BCUT2D eigenvalue weighted by Gasteiger charge is 2.13. The van der Waals surface area contributed by atoms with Gasteiger partial charge in [0.25, 0.3) is 5.91 Å². The molecule has 2 N–H and O–H groups in total. The van der Waals surface area contributed by atoms with Crippen LogP contribution in [0.5, 0.6) is 11.5 Å². The highest BCUT2D eigenvalue weighted by atomic mass is 16.5. The van der Waals surface area contributed by atoms with Gasteiger partial charge in [0.15, 0.2) is 11.5 Å². The van der Waals surface area contributed by atoms with Crippen LogP contribution in [0, 0.1) is 0 Å². The quantitative estimate of drug-likeness (QED) is 0.880. The van der Waals surface area contributed by atoms with Gasteiger partial charge in [-0.3, -0.25) is 4.79 Å². The lowest BCUT2D eigenvalue weighted by atomic mass is 10.2. The third kappa shape index (κ3) is 2.13. The topological polar surface area (TPSA) is 79.4 Å². The average Bonchev–Trinajstić information content (AvgIpc) is 2.83. The van der Waals surface area contributed by atoms with Crippen LogP contribution in [0.4, 0.5) is 5.82 Å². The van der Waals surface area contributed by atoms with Gasteiger partial charge in [-0.2, -0.15) is 0 Å². The molecule has 0 fully saturated rings. The molecule has 1 aromatic carbocycles. The lowest BCUT2D eigenvalue weighted by Gasteiger charge is -2.08. The van der Waals surface area contributed by atoms with Crippen molar-refractivity contribution in [2.75, 3.05) is 20.0 Å². The predicted octanol–water partition coefficient (Wildman–Crippen LogP) is 1.17. The number of methoxy groups -OCH3 is 2. The van der Waals surface area contributed by atoms with Crippen molar-refractivity contribution in [2.24, 2.45) is 0 Å². The van der Waals surface area contributed by atoms with E-state index in [1.54, 1.807) is 24.3 Å². The molecule has 0 bridgehead atoms. The molecule has 0 saturated carbocycles. The molecule has 6 heteroatoms. The number of nitrogen functional groups attached to an aromatic ring is 1. The molecule has 18 heavy (non-hydrogen) atoms. The van der Waals surface area contributed by atoms with E-state index in [1.165, 1.54) is 25.1 Å². The number of anilines is 1. The van der Waals surface area contributed by atoms with Crippen LogP contribution >= 0.6 is 0 Å². The smallest absolute Gasteiger partial charge is 0.278 e. The van der Waals surface area contributed by atoms with E-state index in [2.05, 4.69) is 5.10 Å². The Morgan fingerprint density at radius 2 is 1.94 bits per heavy atom. The average molecular weight is 247 g/mol. The number of ether oxygens (including phenoxy) is 2. The van der Waals surface area contributed by atoms with E-state index in [1.807, 2.05) is 0 Å². The zero-order valence-electron chi connectivity index (χ0n) is 10.1. The monoisotopic (exact) mass is 247 g/mol. The van der Waals surface area contributed by atoms with Crippen molar-refractivity contribution in [1.29, 1.82) is 0 Å². The molecular weight excluding hydrogens is 234 g/mol. The summed E-state index contributed by atoms with van der Waals surface area (Å²) in [7, 11) is 3.05. The molecular formula is C12H13N3O3. The predicted molar refractivity (Wildman–Crippen MR) is 65.9 cm³/mol. The summed E-state index contributed by atoms with van der Waals surface area (Å²) in [6.45, 7) is 0. The summed E-state index contributed by atoms with van der Waals surface area (Å²) in [4.78, 5) is 12.1. The molecule has 2 aromatic rings. The van der Waals surface area contributed by atoms with E-state index >= 15 is 0 Å². The molecule has 0 spiro atoms. The van der Waals surface area contributed by atoms with Crippen molar-refractivity contribution in [2.45, 2.75) is 0 Å². The summed E-state index contributed by atoms with van der Waals surface area (Å²) in [6.07, 6.45) is 1.51. The minimum absolute atomic E-state index is 0.285. The van der Waals surface area contributed by atoms with Crippen molar-refractivity contribution in [3.63, 3.8) is 0 Å². The molecule has 0 aliphatic heterocycles. The van der Waals surface area contributed by atoms with Crippen LogP contribution in [-0.2, 0) is 0 Å². The van der Waals surface area contributed by atoms with Crippen molar-refractivity contribution in [1.82, 2.24) is 9.78 Å². The summed E-state index contributed by atoms with van der Waals surface area (Å²) in [5, 5.41) is 3.86. The molecule has 0 aliphatic carbocycles. The molecule has 0 radical (unpaired) electrons. The van der Waals surface area contributed by atoms with Gasteiger partial charge < -0.3 is 15.2 Å². The first-order valence-corrected chi connectivity index (χ1v) is 5.23. The SMILES string of the molecule is COc1ccc(C(=O)n2ccc(N)n2)cc1OC. The molecule has 0 unspecified atom stereocenters. The fraction of sp³-hybridized carbons (Fsp3) is 0.167. The van der Waals surface area contributed by atoms with Gasteiger partial charge in [0.1, 0.15) is 5.82 Å². The number of benzene rings is 1. The van der Waals surface area contributed by atoms with Crippen molar-refractivity contribution >= 4 is 11.7 Å². The number of aromatic nitrogens is 2. The second-order valence-electron chi connectivity index (χ2n) is 3.56. The van der Waals surface area contributed by atoms with Gasteiger partial charge >= 0.3 is 0 Å². The fourth-order valence-corrected chi connectivity index (χ4v) is 1.55. The number of carbonyl (C=O) groups is 1. The van der Waals surface area contributed by atoms with Crippen LogP contribution in [-0.4, -0.2) is 29.9 Å². The van der Waals surface area contributed by atoms with E-state index in [-0.39, 0.29) is 5.91 Å². The molecule has 0 amide bonds. The summed E-state index contributed by atoms with van der Waals surface area (Å²) < 4.78 is 11.4. The Balaban J connectivity index is 2.36. The third-order valence-electron chi connectivity index (χ3n) is 2.45. The van der Waals surface area contributed by atoms with Crippen molar-refractivity contribution in [3.8, 4) is 11.5 Å². The molecule has 6 nitrogen and oxygen atoms in total. The number of nitrogens with two attached hydrogens (primary N) is 1. The molecule has 0 saturated heterocycles. The Morgan fingerprint density at radius 1 is 1.22 bits per heavy atom. The second-order valence-corrected chi connectivity index (χ2v) is 3.56.